The van der Waals surface area contributed by atoms with Gasteiger partial charge in [-0.3, -0.25) is 4.98 Å². The van der Waals surface area contributed by atoms with Crippen LogP contribution < -0.4 is 30.6 Å². The van der Waals surface area contributed by atoms with Gasteiger partial charge in [-0.1, -0.05) is 44.5 Å². The maximum atomic E-state index is 6.34. The second-order valence-corrected chi connectivity index (χ2v) is 11.3. The molecule has 6 nitrogen and oxygen atoms in total. The van der Waals surface area contributed by atoms with Gasteiger partial charge in [-0.2, -0.15) is 0 Å². The Kier molecular flexibility index (Phi) is 6.25. The zero-order valence-electron chi connectivity index (χ0n) is 23.0. The number of nitrogens with zero attached hydrogens (tertiary/aromatic N) is 2. The quantitative estimate of drug-likeness (QED) is 0.157. The Bertz CT molecular complexity index is 1950. The molecule has 0 atom stereocenters. The van der Waals surface area contributed by atoms with Gasteiger partial charge in [0.05, 0.1) is 5.52 Å². The Labute approximate surface area is 258 Å². The van der Waals surface area contributed by atoms with Crippen LogP contribution in [-0.4, -0.2) is 16.7 Å². The minimum Gasteiger partial charge on any atom is -0.518 e. The second-order valence-electron chi connectivity index (χ2n) is 11.3. The summed E-state index contributed by atoms with van der Waals surface area (Å²) in [6.07, 6.45) is 1.78. The molecule has 0 N–H and O–H groups in total. The fourth-order valence-electron chi connectivity index (χ4n) is 5.45. The molecule has 8 heteroatoms. The number of fused-ring (bicyclic) bond motifs is 5. The average molecular weight is 729 g/mol. The first-order valence-corrected chi connectivity index (χ1v) is 13.5. The molecule has 0 spiro atoms. The number of benzene rings is 4. The van der Waals surface area contributed by atoms with Gasteiger partial charge in [0.1, 0.15) is 23.0 Å². The second kappa shape index (κ2) is 9.89. The van der Waals surface area contributed by atoms with Gasteiger partial charge >= 0.3 is 21.1 Å². The monoisotopic (exact) mass is 729 g/mol. The van der Waals surface area contributed by atoms with E-state index in [0.29, 0.717) is 29.0 Å². The molecule has 0 aliphatic carbocycles. The standard InChI is InChI=1S/C34H23BN2O4.Pt/c1-34(2,3)21-15-16-36-31(18-21)38-22-12-14-27-24(19-22)35-23-17-20(33-37-25-7-4-5-8-28(25)41-33)11-13-26(23)39-29-9-6-10-30(40-27)32(29)35;/h4-16,18H,1-3H3;/q-2;+2. The molecule has 0 saturated carbocycles. The van der Waals surface area contributed by atoms with Gasteiger partial charge in [0, 0.05) is 35.0 Å². The predicted molar refractivity (Wildman–Crippen MR) is 158 cm³/mol. The van der Waals surface area contributed by atoms with E-state index in [1.807, 2.05) is 78.9 Å². The van der Waals surface area contributed by atoms with Crippen molar-refractivity contribution in [3.05, 3.63) is 103 Å². The molecule has 0 radical (unpaired) electrons. The Morgan fingerprint density at radius 2 is 1.52 bits per heavy atom. The molecule has 42 heavy (non-hydrogen) atoms. The van der Waals surface area contributed by atoms with Gasteiger partial charge < -0.3 is 18.6 Å². The summed E-state index contributed by atoms with van der Waals surface area (Å²) in [6, 6.07) is 32.3. The largest absolute Gasteiger partial charge is 2.00 e. The van der Waals surface area contributed by atoms with Gasteiger partial charge in [-0.25, -0.2) is 4.98 Å². The summed E-state index contributed by atoms with van der Waals surface area (Å²) < 4.78 is 25.0. The van der Waals surface area contributed by atoms with E-state index in [2.05, 4.69) is 42.9 Å². The van der Waals surface area contributed by atoms with E-state index in [-0.39, 0.29) is 33.2 Å². The molecule has 8 rings (SSSR count). The molecule has 2 aliphatic heterocycles. The zero-order chi connectivity index (χ0) is 27.7. The van der Waals surface area contributed by atoms with Gasteiger partial charge in [0.2, 0.25) is 12.6 Å². The van der Waals surface area contributed by atoms with Crippen molar-refractivity contribution in [2.24, 2.45) is 0 Å². The van der Waals surface area contributed by atoms with Gasteiger partial charge in [0.25, 0.3) is 0 Å². The molecule has 0 amide bonds. The summed E-state index contributed by atoms with van der Waals surface area (Å²) in [6.45, 7) is 6.25. The smallest absolute Gasteiger partial charge is 0.518 e. The number of pyridine rings is 1. The summed E-state index contributed by atoms with van der Waals surface area (Å²) in [7, 11) is 0. The van der Waals surface area contributed by atoms with Crippen molar-refractivity contribution in [3.63, 3.8) is 0 Å². The molecule has 2 aliphatic rings. The average Bonchev–Trinajstić information content (AvgIpc) is 3.41. The van der Waals surface area contributed by atoms with E-state index in [1.165, 1.54) is 0 Å². The molecule has 206 valence electrons. The van der Waals surface area contributed by atoms with Gasteiger partial charge in [-0.15, -0.1) is 47.3 Å². The first kappa shape index (κ1) is 26.5. The minimum atomic E-state index is -0.240. The van der Waals surface area contributed by atoms with Gasteiger partial charge in [-0.05, 0) is 41.3 Å². The van der Waals surface area contributed by atoms with Crippen LogP contribution in [0.2, 0.25) is 0 Å². The van der Waals surface area contributed by atoms with E-state index >= 15 is 0 Å². The van der Waals surface area contributed by atoms with E-state index < -0.39 is 0 Å². The summed E-state index contributed by atoms with van der Waals surface area (Å²) in [5.74, 6) is 4.48. The summed E-state index contributed by atoms with van der Waals surface area (Å²) >= 11 is 0. The van der Waals surface area contributed by atoms with Crippen molar-refractivity contribution in [2.75, 3.05) is 0 Å². The fraction of sp³-hybridized carbons (Fsp3) is 0.118. The molecule has 0 saturated heterocycles. The van der Waals surface area contributed by atoms with E-state index in [1.54, 1.807) is 6.20 Å². The third-order valence-corrected chi connectivity index (χ3v) is 7.52. The van der Waals surface area contributed by atoms with Crippen LogP contribution in [0.5, 0.6) is 34.6 Å². The molecule has 0 bridgehead atoms. The van der Waals surface area contributed by atoms with Crippen LogP contribution in [0.25, 0.3) is 22.6 Å². The van der Waals surface area contributed by atoms with Crippen molar-refractivity contribution in [3.8, 4) is 46.1 Å². The van der Waals surface area contributed by atoms with Crippen LogP contribution in [0.4, 0.5) is 0 Å². The molecule has 0 fully saturated rings. The number of hydrogen-bond acceptors (Lipinski definition) is 6. The Hall–Kier alpha value is -4.35. The number of aromatic nitrogens is 2. The molecule has 6 aromatic rings. The van der Waals surface area contributed by atoms with Crippen molar-refractivity contribution >= 4 is 34.2 Å². The number of para-hydroxylation sites is 2. The maximum Gasteiger partial charge on any atom is 2.00 e. The van der Waals surface area contributed by atoms with E-state index in [4.69, 9.17) is 18.6 Å². The Morgan fingerprint density at radius 3 is 2.29 bits per heavy atom. The third-order valence-electron chi connectivity index (χ3n) is 7.52. The predicted octanol–water partition coefficient (Wildman–Crippen LogP) is 6.31. The number of oxazole rings is 1. The van der Waals surface area contributed by atoms with Gasteiger partial charge in [0.15, 0.2) is 0 Å². The van der Waals surface area contributed by atoms with E-state index in [0.717, 1.165) is 50.1 Å². The zero-order valence-corrected chi connectivity index (χ0v) is 25.3. The van der Waals surface area contributed by atoms with Crippen molar-refractivity contribution in [2.45, 2.75) is 26.2 Å². The summed E-state index contributed by atoms with van der Waals surface area (Å²) in [4.78, 5) is 9.13. The number of ether oxygens (including phenoxy) is 3. The van der Waals surface area contributed by atoms with Crippen LogP contribution in [-0.2, 0) is 26.5 Å². The van der Waals surface area contributed by atoms with Crippen LogP contribution in [0, 0.1) is 12.1 Å². The first-order chi connectivity index (χ1) is 19.9. The minimum absolute atomic E-state index is 0. The van der Waals surface area contributed by atoms with E-state index in [9.17, 15) is 0 Å². The maximum absolute atomic E-state index is 6.34. The van der Waals surface area contributed by atoms with Crippen LogP contribution in [0.3, 0.4) is 0 Å². The molecular formula is C34H23BN2O4Pt. The van der Waals surface area contributed by atoms with Crippen LogP contribution in [0.15, 0.2) is 89.5 Å². The topological polar surface area (TPSA) is 66.6 Å². The van der Waals surface area contributed by atoms with Crippen LogP contribution >= 0.6 is 0 Å². The molecule has 4 heterocycles. The Balaban J connectivity index is 0.00000288. The first-order valence-electron chi connectivity index (χ1n) is 13.5. The number of hydrogen-bond donors (Lipinski definition) is 0. The van der Waals surface area contributed by atoms with Crippen molar-refractivity contribution < 1.29 is 39.7 Å². The molecule has 4 aromatic carbocycles. The molecule has 2 aromatic heterocycles. The molecular weight excluding hydrogens is 706 g/mol. The summed E-state index contributed by atoms with van der Waals surface area (Å²) in [5, 5.41) is 0. The fourth-order valence-corrected chi connectivity index (χ4v) is 5.45. The normalized spacial score (nSPS) is 12.8. The van der Waals surface area contributed by atoms with Crippen LogP contribution in [0.1, 0.15) is 26.3 Å². The van der Waals surface area contributed by atoms with Crippen molar-refractivity contribution in [1.29, 1.82) is 0 Å². The number of rotatable bonds is 3. The SMILES string of the molecule is CC(C)(C)c1ccnc(Oc2[c-]c3c(cc2)Oc2cccc4c2B3c2[c-]c(-c3nc5ccccc5o3)ccc2O4)c1.[Pt+2]. The molecule has 0 unspecified atom stereocenters. The summed E-state index contributed by atoms with van der Waals surface area (Å²) in [5.41, 5.74) is 6.01. The third kappa shape index (κ3) is 4.40. The Morgan fingerprint density at radius 1 is 0.786 bits per heavy atom. The van der Waals surface area contributed by atoms with Crippen molar-refractivity contribution in [1.82, 2.24) is 9.97 Å².